The topological polar surface area (TPSA) is 71.3 Å². The smallest absolute Gasteiger partial charge is 0.335 e. The second kappa shape index (κ2) is 10.2. The highest BCUT2D eigenvalue weighted by molar-refractivity contribution is 7.13. The minimum absolute atomic E-state index is 0.174. The molecule has 1 amide bonds. The van der Waals surface area contributed by atoms with E-state index in [1.807, 2.05) is 42.8 Å². The summed E-state index contributed by atoms with van der Waals surface area (Å²) in [7, 11) is 0. The molecule has 0 bridgehead atoms. The van der Waals surface area contributed by atoms with E-state index < -0.39 is 5.97 Å². The molecule has 192 valence electrons. The van der Waals surface area contributed by atoms with Gasteiger partial charge in [-0.05, 0) is 82.2 Å². The molecule has 0 saturated carbocycles. The molecule has 0 aliphatic rings. The Labute approximate surface area is 230 Å². The zero-order chi connectivity index (χ0) is 26.9. The normalized spacial score (nSPS) is 12.0. The summed E-state index contributed by atoms with van der Waals surface area (Å²) in [5.74, 6) is -1.15. The van der Waals surface area contributed by atoms with Crippen molar-refractivity contribution in [1.29, 1.82) is 0 Å². The van der Waals surface area contributed by atoms with Crippen LogP contribution in [0.1, 0.15) is 44.8 Å². The second-order valence-corrected chi connectivity index (χ2v) is 10.6. The van der Waals surface area contributed by atoms with Gasteiger partial charge in [-0.15, -0.1) is 11.3 Å². The molecule has 6 heteroatoms. The first-order valence-electron chi connectivity index (χ1n) is 12.7. The van der Waals surface area contributed by atoms with E-state index in [9.17, 15) is 14.7 Å². The van der Waals surface area contributed by atoms with Gasteiger partial charge >= 0.3 is 5.97 Å². The first-order valence-corrected chi connectivity index (χ1v) is 13.6. The number of aromatic carboxylic acids is 1. The van der Waals surface area contributed by atoms with E-state index in [0.29, 0.717) is 12.1 Å². The molecule has 5 nitrogen and oxygen atoms in total. The van der Waals surface area contributed by atoms with Gasteiger partial charge in [0.2, 0.25) is 0 Å². The van der Waals surface area contributed by atoms with Gasteiger partial charge in [0.15, 0.2) is 0 Å². The van der Waals surface area contributed by atoms with Crippen LogP contribution in [0.25, 0.3) is 32.1 Å². The van der Waals surface area contributed by atoms with Crippen LogP contribution in [0.4, 0.5) is 0 Å². The van der Waals surface area contributed by atoms with Crippen LogP contribution in [0.3, 0.4) is 0 Å². The van der Waals surface area contributed by atoms with Crippen molar-refractivity contribution in [2.45, 2.75) is 19.5 Å². The highest BCUT2D eigenvalue weighted by atomic mass is 32.1. The number of aromatic nitrogens is 1. The summed E-state index contributed by atoms with van der Waals surface area (Å²) in [5, 5.41) is 17.8. The van der Waals surface area contributed by atoms with Crippen molar-refractivity contribution in [2.24, 2.45) is 0 Å². The highest BCUT2D eigenvalue weighted by Crippen LogP contribution is 2.32. The summed E-state index contributed by atoms with van der Waals surface area (Å²) in [6.45, 7) is 2.54. The van der Waals surface area contributed by atoms with Crippen molar-refractivity contribution in [3.63, 3.8) is 0 Å². The number of hydrogen-bond donors (Lipinski definition) is 2. The summed E-state index contributed by atoms with van der Waals surface area (Å²) < 4.78 is 2.14. The zero-order valence-corrected chi connectivity index (χ0v) is 22.1. The fourth-order valence-electron chi connectivity index (χ4n) is 5.05. The number of nitrogens with one attached hydrogen (secondary N) is 1. The van der Waals surface area contributed by atoms with E-state index in [4.69, 9.17) is 0 Å². The molecule has 4 aromatic carbocycles. The van der Waals surface area contributed by atoms with Gasteiger partial charge in [0, 0.05) is 23.0 Å². The SMILES string of the molecule is C[C@H](NC(=O)c1cc(-c2cccs2)cc2ccn(Cc3ccc4ccccc4c3)c12)c1ccc(C(=O)O)cc1. The molecule has 39 heavy (non-hydrogen) atoms. The molecule has 0 fully saturated rings. The molecule has 2 N–H and O–H groups in total. The number of carbonyl (C=O) groups is 2. The lowest BCUT2D eigenvalue weighted by atomic mass is 10.0. The van der Waals surface area contributed by atoms with Gasteiger partial charge in [0.05, 0.1) is 22.7 Å². The molecule has 0 saturated heterocycles. The van der Waals surface area contributed by atoms with Crippen molar-refractivity contribution < 1.29 is 14.7 Å². The average molecular weight is 531 g/mol. The lowest BCUT2D eigenvalue weighted by molar-refractivity contribution is 0.0696. The summed E-state index contributed by atoms with van der Waals surface area (Å²) >= 11 is 1.64. The first-order chi connectivity index (χ1) is 19.0. The number of carboxylic acids is 1. The number of fused-ring (bicyclic) bond motifs is 2. The molecular formula is C33H26N2O3S. The van der Waals surface area contributed by atoms with Crippen LogP contribution in [0, 0.1) is 0 Å². The number of amides is 1. The zero-order valence-electron chi connectivity index (χ0n) is 21.3. The van der Waals surface area contributed by atoms with Gasteiger partial charge in [-0.2, -0.15) is 0 Å². The summed E-state index contributed by atoms with van der Waals surface area (Å²) in [5.41, 5.74) is 4.71. The van der Waals surface area contributed by atoms with Gasteiger partial charge in [-0.25, -0.2) is 4.79 Å². The van der Waals surface area contributed by atoms with Crippen LogP contribution in [0.5, 0.6) is 0 Å². The predicted molar refractivity (Wildman–Crippen MR) is 158 cm³/mol. The number of nitrogens with zero attached hydrogens (tertiary/aromatic N) is 1. The third-order valence-corrected chi connectivity index (χ3v) is 8.00. The maximum atomic E-state index is 13.8. The number of carbonyl (C=O) groups excluding carboxylic acids is 1. The summed E-state index contributed by atoms with van der Waals surface area (Å²) in [4.78, 5) is 26.1. The minimum Gasteiger partial charge on any atom is -0.478 e. The third kappa shape index (κ3) is 4.94. The lowest BCUT2D eigenvalue weighted by Gasteiger charge is -2.17. The number of thiophene rings is 1. The Bertz CT molecular complexity index is 1820. The maximum Gasteiger partial charge on any atom is 0.335 e. The van der Waals surface area contributed by atoms with Gasteiger partial charge in [-0.1, -0.05) is 54.6 Å². The maximum absolute atomic E-state index is 13.8. The fourth-order valence-corrected chi connectivity index (χ4v) is 5.76. The Balaban J connectivity index is 1.38. The highest BCUT2D eigenvalue weighted by Gasteiger charge is 2.19. The van der Waals surface area contributed by atoms with Crippen molar-refractivity contribution in [3.8, 4) is 10.4 Å². The monoisotopic (exact) mass is 530 g/mol. The van der Waals surface area contributed by atoms with Crippen LogP contribution >= 0.6 is 11.3 Å². The van der Waals surface area contributed by atoms with Crippen molar-refractivity contribution in [1.82, 2.24) is 9.88 Å². The van der Waals surface area contributed by atoms with Crippen molar-refractivity contribution in [3.05, 3.63) is 131 Å². The Kier molecular flexibility index (Phi) is 6.47. The van der Waals surface area contributed by atoms with Crippen molar-refractivity contribution in [2.75, 3.05) is 0 Å². The third-order valence-electron chi connectivity index (χ3n) is 7.08. The Morgan fingerprint density at radius 1 is 0.872 bits per heavy atom. The largest absolute Gasteiger partial charge is 0.478 e. The first kappa shape index (κ1) is 24.6. The summed E-state index contributed by atoms with van der Waals surface area (Å²) in [6.07, 6.45) is 2.04. The minimum atomic E-state index is -0.974. The van der Waals surface area contributed by atoms with Crippen molar-refractivity contribution >= 4 is 44.9 Å². The summed E-state index contributed by atoms with van der Waals surface area (Å²) in [6, 6.07) is 31.3. The van der Waals surface area contributed by atoms with E-state index >= 15 is 0 Å². The molecular weight excluding hydrogens is 504 g/mol. The number of carboxylic acid groups (broad SMARTS) is 1. The molecule has 0 radical (unpaired) electrons. The number of benzene rings is 4. The van der Waals surface area contributed by atoms with Gasteiger partial charge in [-0.3, -0.25) is 4.79 Å². The average Bonchev–Trinajstić information content (AvgIpc) is 3.63. The number of hydrogen-bond acceptors (Lipinski definition) is 3. The molecule has 6 aromatic rings. The van der Waals surface area contributed by atoms with Crippen LogP contribution in [0.2, 0.25) is 0 Å². The van der Waals surface area contributed by atoms with Crippen LogP contribution in [0.15, 0.2) is 109 Å². The van der Waals surface area contributed by atoms with Crippen LogP contribution in [-0.2, 0) is 6.54 Å². The molecule has 2 aromatic heterocycles. The molecule has 2 heterocycles. The molecule has 6 rings (SSSR count). The van der Waals surface area contributed by atoms with Gasteiger partial charge in [0.25, 0.3) is 5.91 Å². The van der Waals surface area contributed by atoms with Gasteiger partial charge in [0.1, 0.15) is 0 Å². The van der Waals surface area contributed by atoms with Crippen LogP contribution in [-0.4, -0.2) is 21.6 Å². The second-order valence-electron chi connectivity index (χ2n) is 9.69. The van der Waals surface area contributed by atoms with E-state index in [2.05, 4.69) is 58.4 Å². The molecule has 1 atom stereocenters. The molecule has 0 unspecified atom stereocenters. The lowest BCUT2D eigenvalue weighted by Crippen LogP contribution is -2.27. The molecule has 0 spiro atoms. The molecule has 0 aliphatic heterocycles. The van der Waals surface area contributed by atoms with Gasteiger partial charge < -0.3 is 15.0 Å². The number of rotatable bonds is 7. The Morgan fingerprint density at radius 3 is 2.41 bits per heavy atom. The van der Waals surface area contributed by atoms with E-state index in [-0.39, 0.29) is 17.5 Å². The molecule has 0 aliphatic carbocycles. The van der Waals surface area contributed by atoms with E-state index in [1.165, 1.54) is 10.8 Å². The van der Waals surface area contributed by atoms with E-state index in [1.54, 1.807) is 35.6 Å². The Hall–Kier alpha value is -4.68. The van der Waals surface area contributed by atoms with E-state index in [0.717, 1.165) is 32.5 Å². The standard InChI is InChI=1S/C33H26N2O3S/c1-21(23-10-12-25(13-11-23)33(37)38)34-32(36)29-19-28(30-7-4-16-39-30)18-27-14-15-35(31(27)29)20-22-8-9-24-5-2-3-6-26(24)17-22/h2-19,21H,20H2,1H3,(H,34,36)(H,37,38)/t21-/m0/s1. The predicted octanol–water partition coefficient (Wildman–Crippen LogP) is 7.76. The fraction of sp³-hybridized carbons (Fsp3) is 0.0909. The quantitative estimate of drug-likeness (QED) is 0.222. The van der Waals surface area contributed by atoms with Crippen LogP contribution < -0.4 is 5.32 Å². The Morgan fingerprint density at radius 2 is 1.67 bits per heavy atom.